The zero-order valence-corrected chi connectivity index (χ0v) is 17.1. The number of urea groups is 1. The third kappa shape index (κ3) is 5.47. The minimum absolute atomic E-state index is 0.00383. The number of hydrogen-bond acceptors (Lipinski definition) is 4. The van der Waals surface area contributed by atoms with Gasteiger partial charge >= 0.3 is 6.03 Å². The van der Waals surface area contributed by atoms with Crippen LogP contribution in [0, 0.1) is 12.8 Å². The molecule has 0 bridgehead atoms. The summed E-state index contributed by atoms with van der Waals surface area (Å²) in [7, 11) is 0. The summed E-state index contributed by atoms with van der Waals surface area (Å²) in [5, 5.41) is 11.1. The maximum atomic E-state index is 12.5. The number of carbonyl (C=O) groups is 1. The molecule has 1 aliphatic rings. The average molecular weight is 386 g/mol. The van der Waals surface area contributed by atoms with Crippen molar-refractivity contribution in [3.05, 3.63) is 42.0 Å². The number of aryl methyl sites for hydroxylation is 1. The number of aromatic nitrogens is 3. The number of rotatable bonds is 7. The molecule has 3 rings (SSSR count). The van der Waals surface area contributed by atoms with E-state index in [4.69, 9.17) is 4.74 Å². The summed E-state index contributed by atoms with van der Waals surface area (Å²) < 4.78 is 7.98. The highest BCUT2D eigenvalue weighted by Gasteiger charge is 2.24. The Morgan fingerprint density at radius 2 is 2.25 bits per heavy atom. The van der Waals surface area contributed by atoms with E-state index in [-0.39, 0.29) is 6.03 Å². The minimum Gasteiger partial charge on any atom is -0.493 e. The van der Waals surface area contributed by atoms with Crippen LogP contribution in [0.15, 0.2) is 30.6 Å². The molecule has 1 fully saturated rings. The van der Waals surface area contributed by atoms with Crippen molar-refractivity contribution in [1.82, 2.24) is 25.0 Å². The van der Waals surface area contributed by atoms with Gasteiger partial charge in [0.15, 0.2) is 0 Å². The summed E-state index contributed by atoms with van der Waals surface area (Å²) in [5.41, 5.74) is 1.19. The lowest BCUT2D eigenvalue weighted by Crippen LogP contribution is -2.47. The quantitative estimate of drug-likeness (QED) is 0.794. The number of hydrogen-bond donors (Lipinski definition) is 1. The van der Waals surface area contributed by atoms with Gasteiger partial charge in [0.2, 0.25) is 0 Å². The smallest absolute Gasteiger partial charge is 0.317 e. The summed E-state index contributed by atoms with van der Waals surface area (Å²) in [4.78, 5) is 14.4. The van der Waals surface area contributed by atoms with E-state index in [1.54, 1.807) is 6.33 Å². The summed E-state index contributed by atoms with van der Waals surface area (Å²) in [6.07, 6.45) is 4.52. The van der Waals surface area contributed by atoms with Crippen LogP contribution in [0.1, 0.15) is 44.1 Å². The average Bonchev–Trinajstić information content (AvgIpc) is 3.15. The Bertz CT molecular complexity index is 774. The predicted octanol–water partition coefficient (Wildman–Crippen LogP) is 3.21. The van der Waals surface area contributed by atoms with Crippen molar-refractivity contribution < 1.29 is 9.53 Å². The van der Waals surface area contributed by atoms with E-state index in [1.807, 2.05) is 27.7 Å². The van der Waals surface area contributed by atoms with Gasteiger partial charge in [-0.3, -0.25) is 0 Å². The zero-order chi connectivity index (χ0) is 19.9. The van der Waals surface area contributed by atoms with E-state index in [9.17, 15) is 4.79 Å². The molecule has 0 aliphatic carbocycles. The molecule has 2 heterocycles. The highest BCUT2D eigenvalue weighted by atomic mass is 16.5. The number of carbonyl (C=O) groups excluding carboxylic acids is 1. The molecule has 152 valence electrons. The lowest BCUT2D eigenvalue weighted by molar-refractivity contribution is 0.137. The normalized spacial score (nSPS) is 17.0. The van der Waals surface area contributed by atoms with Crippen LogP contribution < -0.4 is 10.1 Å². The third-order valence-corrected chi connectivity index (χ3v) is 5.11. The summed E-state index contributed by atoms with van der Waals surface area (Å²) in [6.45, 7) is 8.99. The Kier molecular flexibility index (Phi) is 6.90. The summed E-state index contributed by atoms with van der Waals surface area (Å²) in [5.74, 6) is 2.17. The van der Waals surface area contributed by atoms with Crippen LogP contribution in [0.2, 0.25) is 0 Å². The minimum atomic E-state index is -0.00383. The second-order valence-corrected chi connectivity index (χ2v) is 7.81. The van der Waals surface area contributed by atoms with E-state index < -0.39 is 0 Å². The van der Waals surface area contributed by atoms with Crippen LogP contribution in [-0.4, -0.2) is 51.9 Å². The molecule has 0 radical (unpaired) electrons. The number of benzene rings is 1. The highest BCUT2D eigenvalue weighted by Crippen LogP contribution is 2.19. The second kappa shape index (κ2) is 9.57. The van der Waals surface area contributed by atoms with Gasteiger partial charge in [0.25, 0.3) is 0 Å². The first-order valence-corrected chi connectivity index (χ1v) is 10.1. The first kappa shape index (κ1) is 20.2. The lowest BCUT2D eigenvalue weighted by Gasteiger charge is -2.32. The van der Waals surface area contributed by atoms with E-state index >= 15 is 0 Å². The Hall–Kier alpha value is -2.57. The topological polar surface area (TPSA) is 72.3 Å². The molecule has 1 aromatic heterocycles. The number of likely N-dealkylation sites (tertiary alicyclic amines) is 1. The molecule has 1 saturated heterocycles. The van der Waals surface area contributed by atoms with Gasteiger partial charge in [-0.15, -0.1) is 10.2 Å². The summed E-state index contributed by atoms with van der Waals surface area (Å²) in [6, 6.07) is 8.40. The van der Waals surface area contributed by atoms with Crippen molar-refractivity contribution in [3.63, 3.8) is 0 Å². The number of nitrogens with one attached hydrogen (secondary N) is 1. The van der Waals surface area contributed by atoms with E-state index in [0.717, 1.165) is 37.5 Å². The van der Waals surface area contributed by atoms with Gasteiger partial charge in [-0.05, 0) is 51.3 Å². The van der Waals surface area contributed by atoms with Crippen LogP contribution in [-0.2, 0) is 6.42 Å². The van der Waals surface area contributed by atoms with Gasteiger partial charge in [-0.2, -0.15) is 0 Å². The SMILES string of the molecule is Cc1cccc(OC[C@@H]2CCCN(C(=O)NCCc3nncn3C(C)C)C2)c1. The van der Waals surface area contributed by atoms with Crippen LogP contribution in [0.4, 0.5) is 4.79 Å². The fraction of sp³-hybridized carbons (Fsp3) is 0.571. The molecule has 0 unspecified atom stereocenters. The molecule has 2 aromatic rings. The van der Waals surface area contributed by atoms with Crippen LogP contribution in [0.5, 0.6) is 5.75 Å². The molecular weight excluding hydrogens is 354 g/mol. The molecule has 7 heteroatoms. The third-order valence-electron chi connectivity index (χ3n) is 5.11. The molecule has 7 nitrogen and oxygen atoms in total. The monoisotopic (exact) mass is 385 g/mol. The largest absolute Gasteiger partial charge is 0.493 e. The fourth-order valence-corrected chi connectivity index (χ4v) is 3.57. The van der Waals surface area contributed by atoms with E-state index in [0.29, 0.717) is 31.5 Å². The van der Waals surface area contributed by atoms with Gasteiger partial charge in [-0.25, -0.2) is 4.79 Å². The lowest BCUT2D eigenvalue weighted by atomic mass is 9.99. The van der Waals surface area contributed by atoms with E-state index in [1.165, 1.54) is 5.56 Å². The molecular formula is C21H31N5O2. The van der Waals surface area contributed by atoms with Gasteiger partial charge in [0.05, 0.1) is 6.61 Å². The van der Waals surface area contributed by atoms with Crippen molar-refractivity contribution in [1.29, 1.82) is 0 Å². The molecule has 2 amide bonds. The number of nitrogens with zero attached hydrogens (tertiary/aromatic N) is 4. The summed E-state index contributed by atoms with van der Waals surface area (Å²) >= 11 is 0. The zero-order valence-electron chi connectivity index (χ0n) is 17.1. The number of ether oxygens (including phenoxy) is 1. The molecule has 0 saturated carbocycles. The van der Waals surface area contributed by atoms with Gasteiger partial charge in [0, 0.05) is 38.0 Å². The Labute approximate surface area is 167 Å². The van der Waals surface area contributed by atoms with Gasteiger partial charge in [0.1, 0.15) is 17.9 Å². The highest BCUT2D eigenvalue weighted by molar-refractivity contribution is 5.74. The van der Waals surface area contributed by atoms with E-state index in [2.05, 4.69) is 42.4 Å². The molecule has 0 spiro atoms. The van der Waals surface area contributed by atoms with Crippen LogP contribution in [0.3, 0.4) is 0 Å². The van der Waals surface area contributed by atoms with Crippen LogP contribution >= 0.6 is 0 Å². The van der Waals surface area contributed by atoms with Crippen molar-refractivity contribution in [3.8, 4) is 5.75 Å². The van der Waals surface area contributed by atoms with Crippen molar-refractivity contribution in [2.75, 3.05) is 26.2 Å². The maximum Gasteiger partial charge on any atom is 0.317 e. The molecule has 1 aromatic carbocycles. The number of piperidine rings is 1. The van der Waals surface area contributed by atoms with Crippen molar-refractivity contribution in [2.24, 2.45) is 5.92 Å². The predicted molar refractivity (Wildman–Crippen MR) is 108 cm³/mol. The molecule has 1 aliphatic heterocycles. The second-order valence-electron chi connectivity index (χ2n) is 7.81. The Morgan fingerprint density at radius 1 is 1.39 bits per heavy atom. The standard InChI is InChI=1S/C21H31N5O2/c1-16(2)26-15-23-24-20(26)9-10-22-21(27)25-11-5-7-18(13-25)14-28-19-8-4-6-17(3)12-19/h4,6,8,12,15-16,18H,5,7,9-11,13-14H2,1-3H3,(H,22,27)/t18-/m1/s1. The first-order chi connectivity index (χ1) is 13.5. The molecule has 28 heavy (non-hydrogen) atoms. The first-order valence-electron chi connectivity index (χ1n) is 10.1. The Balaban J connectivity index is 1.43. The fourth-order valence-electron chi connectivity index (χ4n) is 3.57. The maximum absolute atomic E-state index is 12.5. The van der Waals surface area contributed by atoms with Gasteiger partial charge in [-0.1, -0.05) is 12.1 Å². The molecule has 1 N–H and O–H groups in total. The van der Waals surface area contributed by atoms with Crippen molar-refractivity contribution in [2.45, 2.75) is 46.1 Å². The Morgan fingerprint density at radius 3 is 3.04 bits per heavy atom. The van der Waals surface area contributed by atoms with Gasteiger partial charge < -0.3 is 19.5 Å². The van der Waals surface area contributed by atoms with Crippen LogP contribution in [0.25, 0.3) is 0 Å². The number of amides is 2. The van der Waals surface area contributed by atoms with Crippen molar-refractivity contribution >= 4 is 6.03 Å². The molecule has 1 atom stereocenters.